The van der Waals surface area contributed by atoms with E-state index in [9.17, 15) is 4.79 Å². The number of nitrogens with one attached hydrogen (secondary N) is 1. The molecule has 22 heavy (non-hydrogen) atoms. The van der Waals surface area contributed by atoms with Crippen LogP contribution in [-0.4, -0.2) is 26.7 Å². The van der Waals surface area contributed by atoms with E-state index in [2.05, 4.69) is 36.2 Å². The summed E-state index contributed by atoms with van der Waals surface area (Å²) in [5.41, 5.74) is 2.06. The van der Waals surface area contributed by atoms with Crippen LogP contribution in [-0.2, 0) is 5.41 Å². The largest absolute Gasteiger partial charge is 0.349 e. The van der Waals surface area contributed by atoms with E-state index in [4.69, 9.17) is 0 Å². The molecular formula is C17H22N4O. The zero-order chi connectivity index (χ0) is 15.7. The highest BCUT2D eigenvalue weighted by Crippen LogP contribution is 2.31. The van der Waals surface area contributed by atoms with Gasteiger partial charge in [-0.15, -0.1) is 0 Å². The van der Waals surface area contributed by atoms with Crippen LogP contribution in [0.1, 0.15) is 55.6 Å². The van der Waals surface area contributed by atoms with Crippen LogP contribution in [0.5, 0.6) is 0 Å². The van der Waals surface area contributed by atoms with Crippen molar-refractivity contribution in [3.63, 3.8) is 0 Å². The maximum Gasteiger partial charge on any atom is 0.251 e. The first-order valence-electron chi connectivity index (χ1n) is 7.69. The zero-order valence-electron chi connectivity index (χ0n) is 13.3. The van der Waals surface area contributed by atoms with Gasteiger partial charge in [-0.2, -0.15) is 5.10 Å². The van der Waals surface area contributed by atoms with Crippen molar-refractivity contribution < 1.29 is 4.79 Å². The van der Waals surface area contributed by atoms with Crippen molar-refractivity contribution in [3.8, 4) is 0 Å². The van der Waals surface area contributed by atoms with Crippen molar-refractivity contribution in [1.82, 2.24) is 20.1 Å². The molecule has 0 saturated heterocycles. The van der Waals surface area contributed by atoms with Crippen molar-refractivity contribution in [3.05, 3.63) is 48.0 Å². The van der Waals surface area contributed by atoms with Gasteiger partial charge in [-0.3, -0.25) is 4.79 Å². The molecule has 5 heteroatoms. The van der Waals surface area contributed by atoms with Crippen LogP contribution in [0.4, 0.5) is 0 Å². The highest BCUT2D eigenvalue weighted by molar-refractivity contribution is 5.94. The van der Waals surface area contributed by atoms with Crippen LogP contribution in [0.25, 0.3) is 0 Å². The van der Waals surface area contributed by atoms with E-state index in [0.29, 0.717) is 6.04 Å². The summed E-state index contributed by atoms with van der Waals surface area (Å²) in [6.45, 7) is 6.50. The van der Waals surface area contributed by atoms with E-state index < -0.39 is 0 Å². The Labute approximate surface area is 130 Å². The fourth-order valence-corrected chi connectivity index (χ4v) is 2.72. The lowest BCUT2D eigenvalue weighted by atomic mass is 9.86. The summed E-state index contributed by atoms with van der Waals surface area (Å²) < 4.78 is 1.86. The maximum atomic E-state index is 12.3. The first-order valence-corrected chi connectivity index (χ1v) is 7.69. The average molecular weight is 298 g/mol. The number of rotatable bonds is 3. The van der Waals surface area contributed by atoms with Crippen molar-refractivity contribution in [1.29, 1.82) is 0 Å². The zero-order valence-corrected chi connectivity index (χ0v) is 13.3. The van der Waals surface area contributed by atoms with Gasteiger partial charge in [-0.05, 0) is 36.0 Å². The van der Waals surface area contributed by atoms with Gasteiger partial charge in [0, 0.05) is 11.6 Å². The van der Waals surface area contributed by atoms with Crippen LogP contribution in [0.2, 0.25) is 0 Å². The summed E-state index contributed by atoms with van der Waals surface area (Å²) >= 11 is 0. The fraction of sp³-hybridized carbons (Fsp3) is 0.471. The Hall–Kier alpha value is -2.17. The molecule has 0 atom stereocenters. The third-order valence-corrected chi connectivity index (χ3v) is 4.27. The van der Waals surface area contributed by atoms with Gasteiger partial charge in [0.15, 0.2) is 0 Å². The van der Waals surface area contributed by atoms with Crippen LogP contribution in [0.3, 0.4) is 0 Å². The van der Waals surface area contributed by atoms with Crippen LogP contribution in [0, 0.1) is 0 Å². The van der Waals surface area contributed by atoms with Crippen LogP contribution in [0.15, 0.2) is 36.9 Å². The van der Waals surface area contributed by atoms with E-state index in [-0.39, 0.29) is 17.4 Å². The smallest absolute Gasteiger partial charge is 0.251 e. The molecule has 0 unspecified atom stereocenters. The number of nitrogens with zero attached hydrogens (tertiary/aromatic N) is 3. The second-order valence-electron chi connectivity index (χ2n) is 7.00. The topological polar surface area (TPSA) is 59.8 Å². The van der Waals surface area contributed by atoms with Crippen LogP contribution < -0.4 is 5.32 Å². The van der Waals surface area contributed by atoms with Crippen LogP contribution >= 0.6 is 0 Å². The van der Waals surface area contributed by atoms with Gasteiger partial charge in [0.05, 0.1) is 6.04 Å². The highest BCUT2D eigenvalue weighted by Gasteiger charge is 2.32. The summed E-state index contributed by atoms with van der Waals surface area (Å²) in [7, 11) is 0. The molecule has 1 amide bonds. The lowest BCUT2D eigenvalue weighted by molar-refractivity contribution is 0.0888. The summed E-state index contributed by atoms with van der Waals surface area (Å²) in [6.07, 6.45) is 5.10. The Morgan fingerprint density at radius 3 is 2.45 bits per heavy atom. The molecule has 2 aromatic rings. The molecule has 0 bridgehead atoms. The SMILES string of the molecule is CC(C)(C)c1ccc(C(=O)NC2CC(n3cncn3)C2)cc1. The molecule has 116 valence electrons. The third kappa shape index (κ3) is 3.03. The molecule has 0 spiro atoms. The molecule has 5 nitrogen and oxygen atoms in total. The van der Waals surface area contributed by atoms with Gasteiger partial charge in [0.25, 0.3) is 5.91 Å². The van der Waals surface area contributed by atoms with Gasteiger partial charge < -0.3 is 5.32 Å². The normalized spacial score (nSPS) is 21.2. The molecular weight excluding hydrogens is 276 g/mol. The molecule has 1 heterocycles. The number of carbonyl (C=O) groups is 1. The van der Waals surface area contributed by atoms with Gasteiger partial charge in [0.1, 0.15) is 12.7 Å². The molecule has 0 radical (unpaired) electrons. The number of amides is 1. The number of benzene rings is 1. The second-order valence-corrected chi connectivity index (χ2v) is 7.00. The predicted octanol–water partition coefficient (Wildman–Crippen LogP) is 2.71. The van der Waals surface area contributed by atoms with E-state index in [0.717, 1.165) is 18.4 Å². The molecule has 1 aromatic heterocycles. The van der Waals surface area contributed by atoms with E-state index in [1.165, 1.54) is 5.56 Å². The lowest BCUT2D eigenvalue weighted by Crippen LogP contribution is -2.45. The van der Waals surface area contributed by atoms with E-state index in [1.807, 2.05) is 28.9 Å². The minimum absolute atomic E-state index is 0.00231. The monoisotopic (exact) mass is 298 g/mol. The first-order chi connectivity index (χ1) is 10.4. The van der Waals surface area contributed by atoms with E-state index in [1.54, 1.807) is 12.7 Å². The summed E-state index contributed by atoms with van der Waals surface area (Å²) in [5.74, 6) is 0.00231. The van der Waals surface area contributed by atoms with Gasteiger partial charge in [-0.25, -0.2) is 9.67 Å². The molecule has 1 aliphatic carbocycles. The summed E-state index contributed by atoms with van der Waals surface area (Å²) in [5, 5.41) is 7.22. The minimum Gasteiger partial charge on any atom is -0.349 e. The Balaban J connectivity index is 1.55. The third-order valence-electron chi connectivity index (χ3n) is 4.27. The predicted molar refractivity (Wildman–Crippen MR) is 84.7 cm³/mol. The summed E-state index contributed by atoms with van der Waals surface area (Å²) in [4.78, 5) is 16.2. The van der Waals surface area contributed by atoms with Gasteiger partial charge in [-0.1, -0.05) is 32.9 Å². The van der Waals surface area contributed by atoms with Crippen molar-refractivity contribution >= 4 is 5.91 Å². The Kier molecular flexibility index (Phi) is 3.72. The molecule has 1 N–H and O–H groups in total. The molecule has 1 aliphatic rings. The lowest BCUT2D eigenvalue weighted by Gasteiger charge is -2.35. The van der Waals surface area contributed by atoms with Gasteiger partial charge >= 0.3 is 0 Å². The number of hydrogen-bond donors (Lipinski definition) is 1. The Morgan fingerprint density at radius 1 is 1.23 bits per heavy atom. The molecule has 0 aliphatic heterocycles. The number of aromatic nitrogens is 3. The second kappa shape index (κ2) is 5.55. The Morgan fingerprint density at radius 2 is 1.91 bits per heavy atom. The summed E-state index contributed by atoms with van der Waals surface area (Å²) in [6, 6.07) is 8.47. The van der Waals surface area contributed by atoms with Gasteiger partial charge in [0.2, 0.25) is 0 Å². The molecule has 1 saturated carbocycles. The van der Waals surface area contributed by atoms with Crippen molar-refractivity contribution in [2.45, 2.75) is 51.1 Å². The molecule has 1 aromatic carbocycles. The molecule has 3 rings (SSSR count). The first kappa shape index (κ1) is 14.8. The Bertz CT molecular complexity index is 634. The highest BCUT2D eigenvalue weighted by atomic mass is 16.1. The maximum absolute atomic E-state index is 12.3. The van der Waals surface area contributed by atoms with Crippen molar-refractivity contribution in [2.24, 2.45) is 0 Å². The number of hydrogen-bond acceptors (Lipinski definition) is 3. The average Bonchev–Trinajstić information content (AvgIpc) is 2.95. The quantitative estimate of drug-likeness (QED) is 0.947. The minimum atomic E-state index is 0.00231. The van der Waals surface area contributed by atoms with E-state index >= 15 is 0 Å². The van der Waals surface area contributed by atoms with Crippen molar-refractivity contribution in [2.75, 3.05) is 0 Å². The fourth-order valence-electron chi connectivity index (χ4n) is 2.72. The standard InChI is InChI=1S/C17H22N4O/c1-17(2,3)13-6-4-12(5-7-13)16(22)20-14-8-15(9-14)21-11-18-10-19-21/h4-7,10-11,14-15H,8-9H2,1-3H3,(H,20,22). The molecule has 1 fully saturated rings. The number of carbonyl (C=O) groups excluding carboxylic acids is 1.